The highest BCUT2D eigenvalue weighted by Gasteiger charge is 2.28. The van der Waals surface area contributed by atoms with Gasteiger partial charge in [-0.1, -0.05) is 24.3 Å². The Hall–Kier alpha value is -1.74. The van der Waals surface area contributed by atoms with Crippen molar-refractivity contribution in [2.24, 2.45) is 0 Å². The first-order valence-electron chi connectivity index (χ1n) is 9.36. The van der Waals surface area contributed by atoms with Crippen LogP contribution in [-0.2, 0) is 28.7 Å². The maximum absolute atomic E-state index is 12.3. The Morgan fingerprint density at radius 3 is 2.32 bits per heavy atom. The van der Waals surface area contributed by atoms with Crippen molar-refractivity contribution in [2.45, 2.75) is 56.6 Å². The zero-order valence-electron chi connectivity index (χ0n) is 16.7. The summed E-state index contributed by atoms with van der Waals surface area (Å²) in [7, 11) is -2.23. The monoisotopic (exact) mass is 411 g/mol. The smallest absolute Gasteiger partial charge is 0.333 e. The van der Waals surface area contributed by atoms with Crippen molar-refractivity contribution in [2.75, 3.05) is 20.3 Å². The van der Waals surface area contributed by atoms with E-state index in [4.69, 9.17) is 13.8 Å². The molecule has 8 heteroatoms. The molecule has 0 unspecified atom stereocenters. The zero-order valence-corrected chi connectivity index (χ0v) is 17.5. The third kappa shape index (κ3) is 6.41. The summed E-state index contributed by atoms with van der Waals surface area (Å²) in [6.45, 7) is 7.43. The first-order chi connectivity index (χ1) is 13.2. The second kappa shape index (κ2) is 10.2. The topological polar surface area (TPSA) is 82.1 Å². The molecule has 1 aliphatic carbocycles. The van der Waals surface area contributed by atoms with Gasteiger partial charge < -0.3 is 9.57 Å². The van der Waals surface area contributed by atoms with Gasteiger partial charge in [-0.2, -0.15) is 13.5 Å². The van der Waals surface area contributed by atoms with Gasteiger partial charge in [0.05, 0.1) is 18.6 Å². The lowest BCUT2D eigenvalue weighted by molar-refractivity contribution is -0.178. The van der Waals surface area contributed by atoms with Gasteiger partial charge >= 0.3 is 5.97 Å². The molecule has 1 aromatic carbocycles. The number of aryl methyl sites for hydroxylation is 1. The SMILES string of the molecule is C=C(C)C(=O)OC1CCC(N(CCOS(=O)(=O)c2ccc(C)cc2)OC)CC1. The van der Waals surface area contributed by atoms with Gasteiger partial charge in [0, 0.05) is 18.2 Å². The lowest BCUT2D eigenvalue weighted by atomic mass is 9.92. The molecule has 28 heavy (non-hydrogen) atoms. The molecular weight excluding hydrogens is 382 g/mol. The second-order valence-corrected chi connectivity index (χ2v) is 8.64. The number of nitrogens with zero attached hydrogens (tertiary/aromatic N) is 1. The van der Waals surface area contributed by atoms with Crippen LogP contribution in [0.4, 0.5) is 0 Å². The Bertz CT molecular complexity index is 766. The molecule has 0 spiro atoms. The molecule has 2 rings (SSSR count). The fourth-order valence-electron chi connectivity index (χ4n) is 3.14. The summed E-state index contributed by atoms with van der Waals surface area (Å²) in [6, 6.07) is 6.65. The minimum atomic E-state index is -3.79. The van der Waals surface area contributed by atoms with Crippen molar-refractivity contribution in [1.29, 1.82) is 0 Å². The highest BCUT2D eigenvalue weighted by atomic mass is 32.2. The molecule has 0 heterocycles. The molecule has 1 aromatic rings. The summed E-state index contributed by atoms with van der Waals surface area (Å²) >= 11 is 0. The van der Waals surface area contributed by atoms with Gasteiger partial charge in [-0.25, -0.2) is 4.79 Å². The molecule has 0 radical (unpaired) electrons. The summed E-state index contributed by atoms with van der Waals surface area (Å²) < 4.78 is 35.1. The minimum absolute atomic E-state index is 0.00533. The van der Waals surface area contributed by atoms with Crippen molar-refractivity contribution >= 4 is 16.1 Å². The Balaban J connectivity index is 1.81. The van der Waals surface area contributed by atoms with Crippen molar-refractivity contribution in [3.8, 4) is 0 Å². The molecule has 0 N–H and O–H groups in total. The van der Waals surface area contributed by atoms with E-state index in [1.165, 1.54) is 12.1 Å². The Morgan fingerprint density at radius 2 is 1.79 bits per heavy atom. The molecule has 0 amide bonds. The summed E-state index contributed by atoms with van der Waals surface area (Å²) in [6.07, 6.45) is 2.91. The maximum Gasteiger partial charge on any atom is 0.333 e. The first-order valence-corrected chi connectivity index (χ1v) is 10.8. The third-order valence-electron chi connectivity index (χ3n) is 4.77. The third-order valence-corrected chi connectivity index (χ3v) is 6.09. The highest BCUT2D eigenvalue weighted by molar-refractivity contribution is 7.86. The van der Waals surface area contributed by atoms with Gasteiger partial charge in [-0.15, -0.1) is 0 Å². The van der Waals surface area contributed by atoms with Crippen molar-refractivity contribution in [1.82, 2.24) is 5.06 Å². The number of esters is 1. The number of rotatable bonds is 9. The van der Waals surface area contributed by atoms with Gasteiger partial charge in [0.25, 0.3) is 10.1 Å². The lowest BCUT2D eigenvalue weighted by Gasteiger charge is -2.34. The molecule has 1 aliphatic rings. The molecule has 0 aliphatic heterocycles. The Kier molecular flexibility index (Phi) is 8.18. The summed E-state index contributed by atoms with van der Waals surface area (Å²) in [5.41, 5.74) is 1.38. The fraction of sp³-hybridized carbons (Fsp3) is 0.550. The Labute approximate surface area is 167 Å². The van der Waals surface area contributed by atoms with Gasteiger partial charge in [0.2, 0.25) is 0 Å². The van der Waals surface area contributed by atoms with E-state index >= 15 is 0 Å². The van der Waals surface area contributed by atoms with Crippen LogP contribution in [0.25, 0.3) is 0 Å². The van der Waals surface area contributed by atoms with Crippen LogP contribution in [0.1, 0.15) is 38.2 Å². The largest absolute Gasteiger partial charge is 0.459 e. The number of benzene rings is 1. The maximum atomic E-state index is 12.3. The van der Waals surface area contributed by atoms with Crippen LogP contribution in [0.5, 0.6) is 0 Å². The zero-order chi connectivity index (χ0) is 20.7. The van der Waals surface area contributed by atoms with Crippen LogP contribution >= 0.6 is 0 Å². The molecule has 7 nitrogen and oxygen atoms in total. The summed E-state index contributed by atoms with van der Waals surface area (Å²) in [5.74, 6) is -0.359. The lowest BCUT2D eigenvalue weighted by Crippen LogP contribution is -2.41. The number of hydrogen-bond donors (Lipinski definition) is 0. The van der Waals surface area contributed by atoms with E-state index in [1.54, 1.807) is 31.2 Å². The van der Waals surface area contributed by atoms with E-state index in [-0.39, 0.29) is 29.6 Å². The van der Waals surface area contributed by atoms with Gasteiger partial charge in [-0.05, 0) is 51.7 Å². The van der Waals surface area contributed by atoms with Crippen LogP contribution in [0.15, 0.2) is 41.3 Å². The average molecular weight is 412 g/mol. The second-order valence-electron chi connectivity index (χ2n) is 7.03. The van der Waals surface area contributed by atoms with Crippen LogP contribution in [0.2, 0.25) is 0 Å². The molecule has 1 saturated carbocycles. The minimum Gasteiger partial charge on any atom is -0.459 e. The molecule has 1 fully saturated rings. The van der Waals surface area contributed by atoms with Crippen molar-refractivity contribution < 1.29 is 27.0 Å². The van der Waals surface area contributed by atoms with Gasteiger partial charge in [-0.3, -0.25) is 4.18 Å². The van der Waals surface area contributed by atoms with Gasteiger partial charge in [0.1, 0.15) is 6.10 Å². The normalized spacial score (nSPS) is 20.1. The quantitative estimate of drug-likeness (QED) is 0.267. The van der Waals surface area contributed by atoms with E-state index < -0.39 is 10.1 Å². The number of carbonyl (C=O) groups is 1. The molecule has 0 saturated heterocycles. The van der Waals surface area contributed by atoms with Gasteiger partial charge in [0.15, 0.2) is 0 Å². The number of ether oxygens (including phenoxy) is 1. The van der Waals surface area contributed by atoms with Crippen LogP contribution in [0, 0.1) is 6.92 Å². The standard InChI is InChI=1S/C20H29NO6S/c1-15(2)20(22)27-18-9-7-17(8-10-18)21(25-4)13-14-26-28(23,24)19-11-5-16(3)6-12-19/h5-6,11-12,17-18H,1,7-10,13-14H2,2-4H3. The van der Waals surface area contributed by atoms with Crippen LogP contribution in [-0.4, -0.2) is 51.9 Å². The van der Waals surface area contributed by atoms with E-state index in [0.717, 1.165) is 31.2 Å². The number of hydroxylamine groups is 2. The predicted octanol–water partition coefficient (Wildman–Crippen LogP) is 2.99. The van der Waals surface area contributed by atoms with E-state index in [2.05, 4.69) is 6.58 Å². The number of carbonyl (C=O) groups excluding carboxylic acids is 1. The number of hydrogen-bond acceptors (Lipinski definition) is 7. The van der Waals surface area contributed by atoms with Crippen molar-refractivity contribution in [3.63, 3.8) is 0 Å². The molecule has 0 bridgehead atoms. The van der Waals surface area contributed by atoms with E-state index in [1.807, 2.05) is 6.92 Å². The molecule has 0 atom stereocenters. The van der Waals surface area contributed by atoms with Crippen LogP contribution < -0.4 is 0 Å². The highest BCUT2D eigenvalue weighted by Crippen LogP contribution is 2.26. The van der Waals surface area contributed by atoms with Crippen molar-refractivity contribution in [3.05, 3.63) is 42.0 Å². The summed E-state index contributed by atoms with van der Waals surface area (Å²) in [5, 5.41) is 1.74. The van der Waals surface area contributed by atoms with Crippen LogP contribution in [0.3, 0.4) is 0 Å². The molecular formula is C20H29NO6S. The molecule has 0 aromatic heterocycles. The summed E-state index contributed by atoms with van der Waals surface area (Å²) in [4.78, 5) is 17.2. The molecule has 156 valence electrons. The first kappa shape index (κ1) is 22.5. The fourth-order valence-corrected chi connectivity index (χ4v) is 4.04. The average Bonchev–Trinajstić information content (AvgIpc) is 2.66. The van der Waals surface area contributed by atoms with E-state index in [0.29, 0.717) is 12.1 Å². The predicted molar refractivity (Wildman–Crippen MR) is 105 cm³/mol. The Morgan fingerprint density at radius 1 is 1.18 bits per heavy atom. The van der Waals surface area contributed by atoms with E-state index in [9.17, 15) is 13.2 Å².